The molecule has 0 spiro atoms. The number of likely N-dealkylation sites (tertiary alicyclic amines) is 1. The van der Waals surface area contributed by atoms with E-state index in [0.717, 1.165) is 31.5 Å². The van der Waals surface area contributed by atoms with Gasteiger partial charge in [0.25, 0.3) is 5.91 Å². The van der Waals surface area contributed by atoms with E-state index in [-0.39, 0.29) is 18.4 Å². The first-order valence-electron chi connectivity index (χ1n) is 10.2. The fraction of sp³-hybridized carbons (Fsp3) is 0.304. The third-order valence-electron chi connectivity index (χ3n) is 4.97. The van der Waals surface area contributed by atoms with Crippen LogP contribution >= 0.6 is 11.6 Å². The third kappa shape index (κ3) is 5.49. The van der Waals surface area contributed by atoms with E-state index >= 15 is 0 Å². The second-order valence-corrected chi connectivity index (χ2v) is 7.66. The first-order chi connectivity index (χ1) is 15.1. The number of ether oxygens (including phenoxy) is 3. The molecule has 8 heteroatoms. The minimum Gasteiger partial charge on any atom is -0.486 e. The van der Waals surface area contributed by atoms with Crippen LogP contribution in [0.3, 0.4) is 0 Å². The summed E-state index contributed by atoms with van der Waals surface area (Å²) in [5, 5.41) is 3.22. The van der Waals surface area contributed by atoms with E-state index in [4.69, 9.17) is 25.8 Å². The van der Waals surface area contributed by atoms with Gasteiger partial charge in [0.2, 0.25) is 5.91 Å². The van der Waals surface area contributed by atoms with Crippen molar-refractivity contribution < 1.29 is 23.8 Å². The Morgan fingerprint density at radius 2 is 1.94 bits per heavy atom. The molecule has 0 atom stereocenters. The van der Waals surface area contributed by atoms with E-state index < -0.39 is 0 Å². The molecule has 1 N–H and O–H groups in total. The Morgan fingerprint density at radius 3 is 2.77 bits per heavy atom. The van der Waals surface area contributed by atoms with Crippen molar-refractivity contribution in [2.75, 3.05) is 38.2 Å². The van der Waals surface area contributed by atoms with Gasteiger partial charge in [-0.3, -0.25) is 9.59 Å². The second kappa shape index (κ2) is 9.75. The number of carbonyl (C=O) groups is 2. The second-order valence-electron chi connectivity index (χ2n) is 7.25. The smallest absolute Gasteiger partial charge is 0.260 e. The van der Waals surface area contributed by atoms with E-state index in [1.165, 1.54) is 6.08 Å². The van der Waals surface area contributed by atoms with Crippen LogP contribution in [0.25, 0.3) is 6.08 Å². The molecule has 2 aliphatic heterocycles. The standard InChI is InChI=1S/C23H23ClN2O5/c24-19-12-16(13-20-23(19)30-11-10-29-20)6-7-21(27)25-17-4-3-5-18(14-17)31-15-22(28)26-8-1-2-9-26/h3-7,12-14H,1-2,8-11,15H2,(H,25,27)/b7-6+. The molecule has 2 aromatic rings. The maximum absolute atomic E-state index is 12.3. The zero-order valence-electron chi connectivity index (χ0n) is 16.9. The molecule has 0 aliphatic carbocycles. The van der Waals surface area contributed by atoms with E-state index in [1.807, 2.05) is 0 Å². The van der Waals surface area contributed by atoms with Gasteiger partial charge < -0.3 is 24.4 Å². The fourth-order valence-corrected chi connectivity index (χ4v) is 3.72. The topological polar surface area (TPSA) is 77.1 Å². The Hall–Kier alpha value is -3.19. The number of nitrogens with zero attached hydrogens (tertiary/aromatic N) is 1. The molecule has 0 bridgehead atoms. The molecule has 7 nitrogen and oxygen atoms in total. The highest BCUT2D eigenvalue weighted by atomic mass is 35.5. The van der Waals surface area contributed by atoms with Crippen LogP contribution in [0.1, 0.15) is 18.4 Å². The van der Waals surface area contributed by atoms with E-state index in [9.17, 15) is 9.59 Å². The molecule has 1 saturated heterocycles. The van der Waals surface area contributed by atoms with Crippen LogP contribution in [-0.2, 0) is 9.59 Å². The Labute approximate surface area is 185 Å². The number of anilines is 1. The minimum absolute atomic E-state index is 0.0117. The molecule has 0 saturated carbocycles. The molecule has 4 rings (SSSR count). The third-order valence-corrected chi connectivity index (χ3v) is 5.25. The van der Waals surface area contributed by atoms with Gasteiger partial charge in [-0.05, 0) is 48.7 Å². The number of hydrogen-bond acceptors (Lipinski definition) is 5. The van der Waals surface area contributed by atoms with Crippen LogP contribution in [0.4, 0.5) is 5.69 Å². The molecule has 1 fully saturated rings. The lowest BCUT2D eigenvalue weighted by atomic mass is 10.1. The summed E-state index contributed by atoms with van der Waals surface area (Å²) in [6, 6.07) is 10.4. The maximum atomic E-state index is 12.3. The molecule has 162 valence electrons. The molecule has 2 amide bonds. The highest BCUT2D eigenvalue weighted by molar-refractivity contribution is 6.32. The van der Waals surface area contributed by atoms with Gasteiger partial charge in [-0.1, -0.05) is 17.7 Å². The lowest BCUT2D eigenvalue weighted by molar-refractivity contribution is -0.132. The van der Waals surface area contributed by atoms with Crippen molar-refractivity contribution in [3.05, 3.63) is 53.1 Å². The van der Waals surface area contributed by atoms with Gasteiger partial charge in [-0.2, -0.15) is 0 Å². The number of amides is 2. The summed E-state index contributed by atoms with van der Waals surface area (Å²) in [5.41, 5.74) is 1.29. The van der Waals surface area contributed by atoms with Gasteiger partial charge in [-0.15, -0.1) is 0 Å². The minimum atomic E-state index is -0.309. The van der Waals surface area contributed by atoms with Gasteiger partial charge >= 0.3 is 0 Å². The Balaban J connectivity index is 1.34. The van der Waals surface area contributed by atoms with Gasteiger partial charge in [0.15, 0.2) is 18.1 Å². The lowest BCUT2D eigenvalue weighted by Gasteiger charge is -2.19. The summed E-state index contributed by atoms with van der Waals surface area (Å²) in [6.07, 6.45) is 5.14. The van der Waals surface area contributed by atoms with Crippen LogP contribution in [0.2, 0.25) is 5.02 Å². The van der Waals surface area contributed by atoms with Crippen molar-refractivity contribution in [3.63, 3.8) is 0 Å². The number of benzene rings is 2. The molecule has 31 heavy (non-hydrogen) atoms. The van der Waals surface area contributed by atoms with Crippen LogP contribution in [0.15, 0.2) is 42.5 Å². The Morgan fingerprint density at radius 1 is 1.13 bits per heavy atom. The van der Waals surface area contributed by atoms with Crippen LogP contribution in [0.5, 0.6) is 17.2 Å². The van der Waals surface area contributed by atoms with Crippen LogP contribution in [0, 0.1) is 0 Å². The first-order valence-corrected chi connectivity index (χ1v) is 10.5. The molecule has 2 aliphatic rings. The van der Waals surface area contributed by atoms with Gasteiger partial charge in [0.1, 0.15) is 19.0 Å². The lowest BCUT2D eigenvalue weighted by Crippen LogP contribution is -2.32. The monoisotopic (exact) mass is 442 g/mol. The number of rotatable bonds is 6. The fourth-order valence-electron chi connectivity index (χ4n) is 3.45. The number of hydrogen-bond donors (Lipinski definition) is 1. The summed E-state index contributed by atoms with van der Waals surface area (Å²) in [5.74, 6) is 1.28. The molecule has 0 radical (unpaired) electrons. The predicted molar refractivity (Wildman–Crippen MR) is 118 cm³/mol. The van der Waals surface area contributed by atoms with E-state index in [2.05, 4.69) is 5.32 Å². The van der Waals surface area contributed by atoms with E-state index in [1.54, 1.807) is 47.4 Å². The zero-order valence-corrected chi connectivity index (χ0v) is 17.7. The normalized spacial score (nSPS) is 15.2. The van der Waals surface area contributed by atoms with Crippen molar-refractivity contribution in [3.8, 4) is 17.2 Å². The van der Waals surface area contributed by atoms with Crippen molar-refractivity contribution >= 4 is 35.2 Å². The maximum Gasteiger partial charge on any atom is 0.260 e. The number of fused-ring (bicyclic) bond motifs is 1. The van der Waals surface area contributed by atoms with Crippen molar-refractivity contribution in [2.24, 2.45) is 0 Å². The summed E-state index contributed by atoms with van der Waals surface area (Å²) < 4.78 is 16.6. The summed E-state index contributed by atoms with van der Waals surface area (Å²) in [7, 11) is 0. The summed E-state index contributed by atoms with van der Waals surface area (Å²) >= 11 is 6.22. The average molecular weight is 443 g/mol. The molecule has 0 unspecified atom stereocenters. The number of carbonyl (C=O) groups excluding carboxylic acids is 2. The van der Waals surface area contributed by atoms with Crippen molar-refractivity contribution in [1.29, 1.82) is 0 Å². The molecule has 0 aromatic heterocycles. The molecular formula is C23H23ClN2O5. The van der Waals surface area contributed by atoms with Gasteiger partial charge in [0.05, 0.1) is 5.02 Å². The molecule has 2 heterocycles. The number of halogens is 1. The Kier molecular flexibility index (Phi) is 6.62. The van der Waals surface area contributed by atoms with Gasteiger partial charge in [0, 0.05) is 30.9 Å². The zero-order chi connectivity index (χ0) is 21.6. The largest absolute Gasteiger partial charge is 0.486 e. The quantitative estimate of drug-likeness (QED) is 0.689. The average Bonchev–Trinajstić information content (AvgIpc) is 3.32. The molecule has 2 aromatic carbocycles. The highest BCUT2D eigenvalue weighted by Gasteiger charge is 2.18. The number of nitrogens with one attached hydrogen (secondary N) is 1. The highest BCUT2D eigenvalue weighted by Crippen LogP contribution is 2.38. The van der Waals surface area contributed by atoms with E-state index in [0.29, 0.717) is 41.2 Å². The van der Waals surface area contributed by atoms with Crippen LogP contribution in [-0.4, -0.2) is 49.6 Å². The van der Waals surface area contributed by atoms with Crippen LogP contribution < -0.4 is 19.5 Å². The SMILES string of the molecule is O=C(/C=C/c1cc(Cl)c2c(c1)OCCO2)Nc1cccc(OCC(=O)N2CCCC2)c1. The summed E-state index contributed by atoms with van der Waals surface area (Å²) in [6.45, 7) is 2.49. The van der Waals surface area contributed by atoms with Crippen molar-refractivity contribution in [1.82, 2.24) is 4.90 Å². The Bertz CT molecular complexity index is 1000. The molecular weight excluding hydrogens is 420 g/mol. The van der Waals surface area contributed by atoms with Crippen molar-refractivity contribution in [2.45, 2.75) is 12.8 Å². The summed E-state index contributed by atoms with van der Waals surface area (Å²) in [4.78, 5) is 26.2. The van der Waals surface area contributed by atoms with Gasteiger partial charge in [-0.25, -0.2) is 0 Å². The first kappa shape index (κ1) is 21.1. The predicted octanol–water partition coefficient (Wildman–Crippen LogP) is 3.76.